The predicted octanol–water partition coefficient (Wildman–Crippen LogP) is -0.936. The molecule has 2 aliphatic heterocycles. The summed E-state index contributed by atoms with van der Waals surface area (Å²) in [5, 5.41) is 0. The van der Waals surface area contributed by atoms with Gasteiger partial charge < -0.3 is 10.6 Å². The van der Waals surface area contributed by atoms with Crippen LogP contribution in [0.25, 0.3) is 0 Å². The molecule has 0 saturated carbocycles. The van der Waals surface area contributed by atoms with Crippen molar-refractivity contribution >= 4 is 9.84 Å². The van der Waals surface area contributed by atoms with Crippen molar-refractivity contribution in [2.24, 2.45) is 11.7 Å². The number of hydrogen-bond donors (Lipinski definition) is 1. The molecule has 0 unspecified atom stereocenters. The first kappa shape index (κ1) is 9.43. The van der Waals surface area contributed by atoms with Gasteiger partial charge in [0.25, 0.3) is 0 Å². The maximum absolute atomic E-state index is 10.8. The third kappa shape index (κ3) is 2.21. The molecule has 0 aromatic heterocycles. The van der Waals surface area contributed by atoms with Crippen LogP contribution >= 0.6 is 0 Å². The Morgan fingerprint density at radius 1 is 1.31 bits per heavy atom. The normalized spacial score (nSPS) is 29.6. The molecule has 0 aliphatic carbocycles. The van der Waals surface area contributed by atoms with Crippen molar-refractivity contribution in [1.82, 2.24) is 4.90 Å². The largest absolute Gasteiger partial charge is 0.325 e. The maximum atomic E-state index is 10.8. The number of nitrogens with zero attached hydrogens (tertiary/aromatic N) is 1. The van der Waals surface area contributed by atoms with Gasteiger partial charge in [-0.2, -0.15) is 0 Å². The SMILES string of the molecule is NC1CN(CCC2CS(=O)(=O)C2)C1. The Hall–Kier alpha value is -0.130. The van der Waals surface area contributed by atoms with Gasteiger partial charge in [0.1, 0.15) is 0 Å². The summed E-state index contributed by atoms with van der Waals surface area (Å²) in [7, 11) is -2.62. The standard InChI is InChI=1S/C8H16N2O2S/c9-8-3-10(4-8)2-1-7-5-13(11,12)6-7/h7-8H,1-6,9H2. The van der Waals surface area contributed by atoms with E-state index in [-0.39, 0.29) is 0 Å². The molecule has 76 valence electrons. The number of sulfone groups is 1. The van der Waals surface area contributed by atoms with E-state index in [1.807, 2.05) is 0 Å². The van der Waals surface area contributed by atoms with E-state index >= 15 is 0 Å². The molecule has 2 rings (SSSR count). The van der Waals surface area contributed by atoms with Gasteiger partial charge >= 0.3 is 0 Å². The summed E-state index contributed by atoms with van der Waals surface area (Å²) in [6.07, 6.45) is 1.02. The molecule has 2 fully saturated rings. The highest BCUT2D eigenvalue weighted by Gasteiger charge is 2.34. The average Bonchev–Trinajstić information content (AvgIpc) is 1.91. The molecule has 0 radical (unpaired) electrons. The third-order valence-corrected chi connectivity index (χ3v) is 4.78. The van der Waals surface area contributed by atoms with Gasteiger partial charge in [-0.15, -0.1) is 0 Å². The first-order valence-electron chi connectivity index (χ1n) is 4.73. The van der Waals surface area contributed by atoms with Gasteiger partial charge in [-0.05, 0) is 18.9 Å². The first-order valence-corrected chi connectivity index (χ1v) is 6.56. The quantitative estimate of drug-likeness (QED) is 0.645. The van der Waals surface area contributed by atoms with Crippen LogP contribution in [0.15, 0.2) is 0 Å². The topological polar surface area (TPSA) is 63.4 Å². The highest BCUT2D eigenvalue weighted by molar-refractivity contribution is 7.92. The van der Waals surface area contributed by atoms with Gasteiger partial charge in [-0.3, -0.25) is 0 Å². The van der Waals surface area contributed by atoms with Gasteiger partial charge in [0.05, 0.1) is 11.5 Å². The fraction of sp³-hybridized carbons (Fsp3) is 1.00. The Labute approximate surface area is 79.0 Å². The molecule has 0 amide bonds. The van der Waals surface area contributed by atoms with E-state index in [0.29, 0.717) is 23.5 Å². The van der Waals surface area contributed by atoms with Gasteiger partial charge in [0, 0.05) is 19.1 Å². The number of nitrogens with two attached hydrogens (primary N) is 1. The summed E-state index contributed by atoms with van der Waals surface area (Å²) >= 11 is 0. The molecule has 0 aromatic rings. The molecule has 0 atom stereocenters. The Morgan fingerprint density at radius 3 is 2.38 bits per heavy atom. The van der Waals surface area contributed by atoms with Crippen molar-refractivity contribution in [2.45, 2.75) is 12.5 Å². The summed E-state index contributed by atoms with van der Waals surface area (Å²) in [5.74, 6) is 1.24. The van der Waals surface area contributed by atoms with Crippen LogP contribution < -0.4 is 5.73 Å². The summed E-state index contributed by atoms with van der Waals surface area (Å²) in [5.41, 5.74) is 5.63. The first-order chi connectivity index (χ1) is 6.05. The molecule has 5 heteroatoms. The van der Waals surface area contributed by atoms with Gasteiger partial charge in [-0.1, -0.05) is 0 Å². The van der Waals surface area contributed by atoms with E-state index < -0.39 is 9.84 Å². The lowest BCUT2D eigenvalue weighted by molar-refractivity contribution is 0.142. The zero-order valence-electron chi connectivity index (χ0n) is 7.65. The maximum Gasteiger partial charge on any atom is 0.150 e. The van der Waals surface area contributed by atoms with E-state index in [1.54, 1.807) is 0 Å². The molecule has 0 bridgehead atoms. The minimum atomic E-state index is -2.62. The summed E-state index contributed by atoms with van der Waals surface area (Å²) in [6, 6.07) is 0.352. The Bertz CT molecular complexity index is 271. The van der Waals surface area contributed by atoms with Crippen LogP contribution in [0, 0.1) is 5.92 Å². The molecule has 2 heterocycles. The van der Waals surface area contributed by atoms with Crippen LogP contribution in [0.4, 0.5) is 0 Å². The second-order valence-electron chi connectivity index (χ2n) is 4.25. The van der Waals surface area contributed by atoms with E-state index in [1.165, 1.54) is 0 Å². The predicted molar refractivity (Wildman–Crippen MR) is 51.2 cm³/mol. The number of rotatable bonds is 3. The van der Waals surface area contributed by atoms with E-state index in [4.69, 9.17) is 5.73 Å². The molecule has 0 spiro atoms. The van der Waals surface area contributed by atoms with E-state index in [2.05, 4.69) is 4.90 Å². The Morgan fingerprint density at radius 2 is 1.92 bits per heavy atom. The average molecular weight is 204 g/mol. The fourth-order valence-corrected chi connectivity index (χ4v) is 3.67. The molecule has 4 nitrogen and oxygen atoms in total. The number of likely N-dealkylation sites (tertiary alicyclic amines) is 1. The second-order valence-corrected chi connectivity index (χ2v) is 6.41. The van der Waals surface area contributed by atoms with Crippen molar-refractivity contribution in [3.8, 4) is 0 Å². The summed E-state index contributed by atoms with van der Waals surface area (Å²) in [6.45, 7) is 2.99. The zero-order chi connectivity index (χ0) is 9.47. The lowest BCUT2D eigenvalue weighted by Gasteiger charge is -2.38. The molecular weight excluding hydrogens is 188 g/mol. The molecule has 2 N–H and O–H groups in total. The van der Waals surface area contributed by atoms with Crippen LogP contribution in [0.3, 0.4) is 0 Å². The molecule has 2 saturated heterocycles. The molecule has 2 aliphatic rings. The summed E-state index contributed by atoms with van der Waals surface area (Å²) < 4.78 is 21.7. The van der Waals surface area contributed by atoms with Crippen molar-refractivity contribution in [3.63, 3.8) is 0 Å². The highest BCUT2D eigenvalue weighted by atomic mass is 32.2. The van der Waals surface area contributed by atoms with Crippen molar-refractivity contribution in [3.05, 3.63) is 0 Å². The van der Waals surface area contributed by atoms with Gasteiger partial charge in [0.15, 0.2) is 9.84 Å². The summed E-state index contributed by atoms with van der Waals surface area (Å²) in [4.78, 5) is 2.29. The lowest BCUT2D eigenvalue weighted by atomic mass is 10.1. The van der Waals surface area contributed by atoms with Crippen molar-refractivity contribution in [1.29, 1.82) is 0 Å². The Kier molecular flexibility index (Phi) is 2.33. The van der Waals surface area contributed by atoms with Crippen LogP contribution in [-0.4, -0.2) is 50.5 Å². The van der Waals surface area contributed by atoms with E-state index in [0.717, 1.165) is 26.1 Å². The van der Waals surface area contributed by atoms with Gasteiger partial charge in [0.2, 0.25) is 0 Å². The fourth-order valence-electron chi connectivity index (χ4n) is 1.99. The zero-order valence-corrected chi connectivity index (χ0v) is 8.46. The Balaban J connectivity index is 1.60. The molecular formula is C8H16N2O2S. The number of hydrogen-bond acceptors (Lipinski definition) is 4. The molecule has 0 aromatic carbocycles. The lowest BCUT2D eigenvalue weighted by Crippen LogP contribution is -2.56. The van der Waals surface area contributed by atoms with E-state index in [9.17, 15) is 8.42 Å². The van der Waals surface area contributed by atoms with Crippen LogP contribution in [0.1, 0.15) is 6.42 Å². The minimum Gasteiger partial charge on any atom is -0.325 e. The third-order valence-electron chi connectivity index (χ3n) is 2.82. The minimum absolute atomic E-state index is 0.352. The molecule has 13 heavy (non-hydrogen) atoms. The highest BCUT2D eigenvalue weighted by Crippen LogP contribution is 2.22. The van der Waals surface area contributed by atoms with Crippen LogP contribution in [0.5, 0.6) is 0 Å². The van der Waals surface area contributed by atoms with Crippen LogP contribution in [-0.2, 0) is 9.84 Å². The van der Waals surface area contributed by atoms with Crippen LogP contribution in [0.2, 0.25) is 0 Å². The second kappa shape index (κ2) is 3.22. The smallest absolute Gasteiger partial charge is 0.150 e. The van der Waals surface area contributed by atoms with Gasteiger partial charge in [-0.25, -0.2) is 8.42 Å². The van der Waals surface area contributed by atoms with Crippen molar-refractivity contribution in [2.75, 3.05) is 31.1 Å². The monoisotopic (exact) mass is 204 g/mol. The van der Waals surface area contributed by atoms with Crippen molar-refractivity contribution < 1.29 is 8.42 Å².